The molecule has 6 atom stereocenters. The number of rotatable bonds is 8. The van der Waals surface area contributed by atoms with Gasteiger partial charge in [-0.3, -0.25) is 33.6 Å². The highest BCUT2D eigenvalue weighted by molar-refractivity contribution is 5.96. The molecule has 0 radical (unpaired) electrons. The third kappa shape index (κ3) is 14.2. The van der Waals surface area contributed by atoms with Gasteiger partial charge in [-0.1, -0.05) is 20.8 Å². The zero-order valence-corrected chi connectivity index (χ0v) is 26.6. The van der Waals surface area contributed by atoms with E-state index in [1.165, 1.54) is 6.92 Å². The molecule has 17 nitrogen and oxygen atoms in total. The van der Waals surface area contributed by atoms with Crippen molar-refractivity contribution in [3.8, 4) is 0 Å². The largest absolute Gasteiger partial charge is 0.391 e. The van der Waals surface area contributed by atoms with Crippen LogP contribution in [-0.4, -0.2) is 109 Å². The Morgan fingerprint density at radius 2 is 1.22 bits per heavy atom. The molecule has 0 aromatic rings. The summed E-state index contributed by atoms with van der Waals surface area (Å²) in [4.78, 5) is 90.3. The van der Waals surface area contributed by atoms with Crippen LogP contribution < -0.4 is 48.7 Å². The van der Waals surface area contributed by atoms with Crippen molar-refractivity contribution in [3.05, 3.63) is 0 Å². The first-order valence-corrected chi connectivity index (χ1v) is 15.4. The summed E-state index contributed by atoms with van der Waals surface area (Å²) in [5, 5.41) is 27.9. The molecule has 17 heteroatoms. The fourth-order valence-electron chi connectivity index (χ4n) is 4.50. The van der Waals surface area contributed by atoms with Crippen molar-refractivity contribution in [1.29, 1.82) is 0 Å². The molecule has 1 unspecified atom stereocenters. The van der Waals surface area contributed by atoms with Crippen molar-refractivity contribution < 1.29 is 38.7 Å². The first kappa shape index (κ1) is 39.2. The molecule has 256 valence electrons. The van der Waals surface area contributed by atoms with Gasteiger partial charge in [-0.2, -0.15) is 0 Å². The van der Waals surface area contributed by atoms with Gasteiger partial charge in [0.2, 0.25) is 41.4 Å². The van der Waals surface area contributed by atoms with E-state index in [9.17, 15) is 38.7 Å². The van der Waals surface area contributed by atoms with Crippen LogP contribution in [-0.2, 0) is 33.6 Å². The van der Waals surface area contributed by atoms with Crippen LogP contribution in [0, 0.1) is 5.92 Å². The first-order chi connectivity index (χ1) is 21.2. The normalized spacial score (nSPS) is 26.4. The molecule has 0 aromatic heterocycles. The van der Waals surface area contributed by atoms with Crippen molar-refractivity contribution in [2.75, 3.05) is 26.2 Å². The summed E-state index contributed by atoms with van der Waals surface area (Å²) >= 11 is 0. The van der Waals surface area contributed by atoms with Crippen molar-refractivity contribution in [2.24, 2.45) is 17.4 Å². The van der Waals surface area contributed by atoms with Gasteiger partial charge in [0.15, 0.2) is 0 Å². The molecule has 1 aliphatic rings. The molecule has 1 heterocycles. The number of carbonyl (C=O) groups is 7. The molecule has 1 aliphatic heterocycles. The SMILES string of the molecule is CC[C@@H]1NC(=O)[C@H](CC(C)C)NC(=O)CNC(=O)[C@H](CCN)NC(=O)CCCNC(=O)C([C@@H](C)O)NC(=O)[C@H](CCN)NC1=O. The molecule has 1 fully saturated rings. The minimum Gasteiger partial charge on any atom is -0.391 e. The number of aliphatic hydroxyl groups excluding tert-OH is 1. The Balaban J connectivity index is 3.32. The number of aliphatic hydroxyl groups is 1. The summed E-state index contributed by atoms with van der Waals surface area (Å²) in [6, 6.07) is -5.74. The van der Waals surface area contributed by atoms with Gasteiger partial charge in [0.25, 0.3) is 0 Å². The summed E-state index contributed by atoms with van der Waals surface area (Å²) < 4.78 is 0. The second-order valence-corrected chi connectivity index (χ2v) is 11.4. The average Bonchev–Trinajstić information content (AvgIpc) is 2.97. The predicted molar refractivity (Wildman–Crippen MR) is 164 cm³/mol. The smallest absolute Gasteiger partial charge is 0.245 e. The lowest BCUT2D eigenvalue weighted by molar-refractivity contribution is -0.135. The second-order valence-electron chi connectivity index (χ2n) is 11.4. The van der Waals surface area contributed by atoms with Gasteiger partial charge in [0.05, 0.1) is 12.6 Å². The average molecular weight is 642 g/mol. The Labute approximate surface area is 263 Å². The molecule has 0 spiro atoms. The van der Waals surface area contributed by atoms with Crippen LogP contribution in [0.1, 0.15) is 66.2 Å². The maximum atomic E-state index is 13.2. The highest BCUT2D eigenvalue weighted by Gasteiger charge is 2.32. The highest BCUT2D eigenvalue weighted by Crippen LogP contribution is 2.07. The van der Waals surface area contributed by atoms with E-state index in [4.69, 9.17) is 11.5 Å². The summed E-state index contributed by atoms with van der Waals surface area (Å²) in [6.07, 6.45) is -0.775. The van der Waals surface area contributed by atoms with Crippen LogP contribution in [0.25, 0.3) is 0 Å². The standard InChI is InChI=1S/C28H51N9O8/c1-5-17-25(42)36-19(9-11-30)26(43)37-23(16(4)38)28(45)31-12-6-7-21(39)33-18(8-10-29)24(41)32-14-22(40)34-20(13-15(2)3)27(44)35-17/h15-20,23,38H,5-14,29-30H2,1-4H3,(H,31,45)(H,32,41)(H,33,39)(H,34,40)(H,35,44)(H,36,42)(H,37,43)/t16-,17+,18+,19+,20+,23?/m1/s1. The van der Waals surface area contributed by atoms with Crippen molar-refractivity contribution in [2.45, 2.75) is 103 Å². The van der Waals surface area contributed by atoms with Crippen molar-refractivity contribution >= 4 is 41.4 Å². The van der Waals surface area contributed by atoms with Crippen LogP contribution in [0.4, 0.5) is 0 Å². The maximum Gasteiger partial charge on any atom is 0.245 e. The number of amides is 7. The van der Waals surface area contributed by atoms with E-state index < -0.39 is 84.2 Å². The lowest BCUT2D eigenvalue weighted by Crippen LogP contribution is -2.60. The second kappa shape index (κ2) is 20.2. The third-order valence-electron chi connectivity index (χ3n) is 6.96. The Hall–Kier alpha value is -3.83. The van der Waals surface area contributed by atoms with E-state index in [2.05, 4.69) is 37.2 Å². The van der Waals surface area contributed by atoms with E-state index >= 15 is 0 Å². The summed E-state index contributed by atoms with van der Waals surface area (Å²) in [5.41, 5.74) is 11.3. The summed E-state index contributed by atoms with van der Waals surface area (Å²) in [6.45, 7) is 6.23. The number of nitrogens with two attached hydrogens (primary N) is 2. The van der Waals surface area contributed by atoms with Gasteiger partial charge in [-0.15, -0.1) is 0 Å². The summed E-state index contributed by atoms with van der Waals surface area (Å²) in [7, 11) is 0. The zero-order chi connectivity index (χ0) is 34.1. The molecule has 12 N–H and O–H groups in total. The van der Waals surface area contributed by atoms with Crippen LogP contribution in [0.15, 0.2) is 0 Å². The van der Waals surface area contributed by atoms with Crippen molar-refractivity contribution in [1.82, 2.24) is 37.2 Å². The predicted octanol–water partition coefficient (Wildman–Crippen LogP) is -4.03. The Kier molecular flexibility index (Phi) is 17.6. The van der Waals surface area contributed by atoms with E-state index in [0.29, 0.717) is 0 Å². The van der Waals surface area contributed by atoms with Crippen LogP contribution in [0.5, 0.6) is 0 Å². The number of hydrogen-bond acceptors (Lipinski definition) is 10. The van der Waals surface area contributed by atoms with E-state index in [-0.39, 0.29) is 64.1 Å². The maximum absolute atomic E-state index is 13.2. The van der Waals surface area contributed by atoms with Gasteiger partial charge in [-0.05, 0) is 58.0 Å². The van der Waals surface area contributed by atoms with E-state index in [0.717, 1.165) is 0 Å². The molecule has 1 saturated heterocycles. The lowest BCUT2D eigenvalue weighted by atomic mass is 10.0. The Morgan fingerprint density at radius 3 is 1.78 bits per heavy atom. The molecule has 0 aromatic carbocycles. The Morgan fingerprint density at radius 1 is 0.689 bits per heavy atom. The highest BCUT2D eigenvalue weighted by atomic mass is 16.3. The molecular formula is C28H51N9O8. The topological polar surface area (TPSA) is 276 Å². The molecule has 7 amide bonds. The minimum atomic E-state index is -1.38. The van der Waals surface area contributed by atoms with E-state index in [1.807, 2.05) is 13.8 Å². The number of carbonyl (C=O) groups excluding carboxylic acids is 7. The number of nitrogens with one attached hydrogen (secondary N) is 7. The van der Waals surface area contributed by atoms with Gasteiger partial charge in [-0.25, -0.2) is 0 Å². The molecule has 45 heavy (non-hydrogen) atoms. The van der Waals surface area contributed by atoms with Gasteiger partial charge < -0.3 is 53.8 Å². The fraction of sp³-hybridized carbons (Fsp3) is 0.750. The van der Waals surface area contributed by atoms with Crippen LogP contribution >= 0.6 is 0 Å². The first-order valence-electron chi connectivity index (χ1n) is 15.4. The monoisotopic (exact) mass is 641 g/mol. The molecular weight excluding hydrogens is 590 g/mol. The van der Waals surface area contributed by atoms with Crippen molar-refractivity contribution in [3.63, 3.8) is 0 Å². The van der Waals surface area contributed by atoms with Crippen LogP contribution in [0.3, 0.4) is 0 Å². The third-order valence-corrected chi connectivity index (χ3v) is 6.96. The zero-order valence-electron chi connectivity index (χ0n) is 26.6. The summed E-state index contributed by atoms with van der Waals surface area (Å²) in [5.74, 6) is -4.69. The van der Waals surface area contributed by atoms with Gasteiger partial charge >= 0.3 is 0 Å². The molecule has 0 bridgehead atoms. The quantitative estimate of drug-likeness (QED) is 0.123. The van der Waals surface area contributed by atoms with E-state index in [1.54, 1.807) is 6.92 Å². The van der Waals surface area contributed by atoms with Crippen LogP contribution in [0.2, 0.25) is 0 Å². The lowest BCUT2D eigenvalue weighted by Gasteiger charge is -2.27. The molecule has 0 aliphatic carbocycles. The molecule has 0 saturated carbocycles. The minimum absolute atomic E-state index is 0.000291. The van der Waals surface area contributed by atoms with Gasteiger partial charge in [0, 0.05) is 13.0 Å². The van der Waals surface area contributed by atoms with Gasteiger partial charge in [0.1, 0.15) is 30.2 Å². The number of hydrogen-bond donors (Lipinski definition) is 10. The fourth-order valence-corrected chi connectivity index (χ4v) is 4.50. The molecule has 1 rings (SSSR count). The Bertz CT molecular complexity index is 1040.